The first-order valence-electron chi connectivity index (χ1n) is 6.23. The highest BCUT2D eigenvalue weighted by Gasteiger charge is 2.25. The summed E-state index contributed by atoms with van der Waals surface area (Å²) in [5.41, 5.74) is 8.43. The van der Waals surface area contributed by atoms with Crippen LogP contribution < -0.4 is 5.73 Å². The van der Waals surface area contributed by atoms with E-state index in [-0.39, 0.29) is 12.5 Å². The van der Waals surface area contributed by atoms with Crippen LogP contribution in [0.3, 0.4) is 0 Å². The summed E-state index contributed by atoms with van der Waals surface area (Å²) in [6.45, 7) is 0. The molecule has 3 nitrogen and oxygen atoms in total. The number of nitrogens with two attached hydrogens (primary N) is 1. The summed E-state index contributed by atoms with van der Waals surface area (Å²) in [5.74, 6) is -0.136. The van der Waals surface area contributed by atoms with Gasteiger partial charge in [0.05, 0.1) is 0 Å². The number of carbonyl (C=O) groups is 1. The summed E-state index contributed by atoms with van der Waals surface area (Å²) < 4.78 is 0. The number of rotatable bonds is 5. The minimum Gasteiger partial charge on any atom is -0.481 e. The Morgan fingerprint density at radius 2 is 2.24 bits per heavy atom. The minimum atomic E-state index is -0.751. The molecule has 3 heteroatoms. The molecule has 1 unspecified atom stereocenters. The third-order valence-electron chi connectivity index (χ3n) is 3.62. The van der Waals surface area contributed by atoms with Gasteiger partial charge in [-0.15, -0.1) is 0 Å². The second kappa shape index (κ2) is 5.32. The average molecular weight is 233 g/mol. The molecule has 0 amide bonds. The summed E-state index contributed by atoms with van der Waals surface area (Å²) in [7, 11) is 0. The molecule has 17 heavy (non-hydrogen) atoms. The van der Waals surface area contributed by atoms with Crippen LogP contribution in [0, 0.1) is 5.92 Å². The Kier molecular flexibility index (Phi) is 3.79. The molecule has 3 N–H and O–H groups in total. The van der Waals surface area contributed by atoms with Crippen molar-refractivity contribution in [2.75, 3.05) is 0 Å². The third-order valence-corrected chi connectivity index (χ3v) is 3.62. The van der Waals surface area contributed by atoms with Crippen molar-refractivity contribution in [2.24, 2.45) is 11.7 Å². The van der Waals surface area contributed by atoms with Crippen LogP contribution in [0.4, 0.5) is 0 Å². The molecule has 1 atom stereocenters. The van der Waals surface area contributed by atoms with Crippen LogP contribution in [0.25, 0.3) is 0 Å². The lowest BCUT2D eigenvalue weighted by Crippen LogP contribution is -2.26. The van der Waals surface area contributed by atoms with E-state index in [4.69, 9.17) is 10.8 Å². The monoisotopic (exact) mass is 233 g/mol. The third kappa shape index (κ3) is 3.07. The summed E-state index contributed by atoms with van der Waals surface area (Å²) in [5, 5.41) is 8.66. The van der Waals surface area contributed by atoms with Gasteiger partial charge in [0, 0.05) is 12.5 Å². The summed E-state index contributed by atoms with van der Waals surface area (Å²) in [6, 6.07) is 8.18. The highest BCUT2D eigenvalue weighted by molar-refractivity contribution is 5.67. The first kappa shape index (κ1) is 12.1. The van der Waals surface area contributed by atoms with E-state index in [1.807, 2.05) is 18.2 Å². The van der Waals surface area contributed by atoms with E-state index in [9.17, 15) is 4.79 Å². The molecule has 0 saturated heterocycles. The summed E-state index contributed by atoms with van der Waals surface area (Å²) >= 11 is 0. The van der Waals surface area contributed by atoms with Gasteiger partial charge >= 0.3 is 5.97 Å². The second-order valence-corrected chi connectivity index (χ2v) is 4.86. The van der Waals surface area contributed by atoms with Gasteiger partial charge in [-0.2, -0.15) is 0 Å². The minimum absolute atomic E-state index is 0.119. The smallest absolute Gasteiger partial charge is 0.303 e. The van der Waals surface area contributed by atoms with Gasteiger partial charge < -0.3 is 10.8 Å². The van der Waals surface area contributed by atoms with Crippen LogP contribution in [0.15, 0.2) is 24.3 Å². The van der Waals surface area contributed by atoms with Crippen LogP contribution in [-0.4, -0.2) is 11.1 Å². The van der Waals surface area contributed by atoms with Crippen molar-refractivity contribution < 1.29 is 9.90 Å². The summed E-state index contributed by atoms with van der Waals surface area (Å²) in [6.07, 6.45) is 4.50. The lowest BCUT2D eigenvalue weighted by atomic mass is 9.77. The molecule has 0 aromatic heterocycles. The molecule has 92 valence electrons. The zero-order chi connectivity index (χ0) is 12.3. The van der Waals surface area contributed by atoms with E-state index in [0.29, 0.717) is 12.3 Å². The lowest BCUT2D eigenvalue weighted by Gasteiger charge is -2.31. The number of carboxylic acid groups (broad SMARTS) is 1. The fraction of sp³-hybridized carbons (Fsp3) is 0.500. The van der Waals surface area contributed by atoms with Crippen molar-refractivity contribution in [2.45, 2.75) is 38.1 Å². The van der Waals surface area contributed by atoms with Crippen molar-refractivity contribution in [3.63, 3.8) is 0 Å². The van der Waals surface area contributed by atoms with Crippen LogP contribution >= 0.6 is 0 Å². The average Bonchev–Trinajstić information content (AvgIpc) is 2.24. The number of hydrogen-bond acceptors (Lipinski definition) is 2. The van der Waals surface area contributed by atoms with Gasteiger partial charge in [0.15, 0.2) is 0 Å². The fourth-order valence-corrected chi connectivity index (χ4v) is 2.28. The van der Waals surface area contributed by atoms with Gasteiger partial charge in [0.25, 0.3) is 0 Å². The van der Waals surface area contributed by atoms with E-state index >= 15 is 0 Å². The molecule has 1 aliphatic rings. The van der Waals surface area contributed by atoms with Crippen molar-refractivity contribution in [1.82, 2.24) is 0 Å². The number of carboxylic acids is 1. The SMILES string of the molecule is NC(c1cccc(CCC(=O)O)c1)C1CCC1. The topological polar surface area (TPSA) is 63.3 Å². The Labute approximate surface area is 102 Å². The molecule has 1 saturated carbocycles. The Balaban J connectivity index is 2.02. The van der Waals surface area contributed by atoms with Crippen LogP contribution in [0.5, 0.6) is 0 Å². The van der Waals surface area contributed by atoms with E-state index in [0.717, 1.165) is 11.1 Å². The standard InChI is InChI=1S/C14H19NO2/c15-14(11-4-2-5-11)12-6-1-3-10(9-12)7-8-13(16)17/h1,3,6,9,11,14H,2,4-5,7-8,15H2,(H,16,17). The van der Waals surface area contributed by atoms with Gasteiger partial charge in [0.1, 0.15) is 0 Å². The summed E-state index contributed by atoms with van der Waals surface area (Å²) in [4.78, 5) is 10.5. The highest BCUT2D eigenvalue weighted by atomic mass is 16.4. The van der Waals surface area contributed by atoms with Gasteiger partial charge in [0.2, 0.25) is 0 Å². The van der Waals surface area contributed by atoms with Crippen LogP contribution in [0.2, 0.25) is 0 Å². The van der Waals surface area contributed by atoms with Gasteiger partial charge in [-0.05, 0) is 36.3 Å². The molecule has 1 aromatic carbocycles. The van der Waals surface area contributed by atoms with Crippen molar-refractivity contribution in [3.05, 3.63) is 35.4 Å². The van der Waals surface area contributed by atoms with E-state index in [2.05, 4.69) is 6.07 Å². The van der Waals surface area contributed by atoms with Crippen molar-refractivity contribution >= 4 is 5.97 Å². The Hall–Kier alpha value is -1.35. The Morgan fingerprint density at radius 1 is 1.47 bits per heavy atom. The number of benzene rings is 1. The lowest BCUT2D eigenvalue weighted by molar-refractivity contribution is -0.136. The van der Waals surface area contributed by atoms with E-state index in [1.165, 1.54) is 19.3 Å². The quantitative estimate of drug-likeness (QED) is 0.821. The Bertz CT molecular complexity index is 399. The largest absolute Gasteiger partial charge is 0.481 e. The van der Waals surface area contributed by atoms with E-state index < -0.39 is 5.97 Å². The second-order valence-electron chi connectivity index (χ2n) is 4.86. The normalized spacial score (nSPS) is 17.5. The highest BCUT2D eigenvalue weighted by Crippen LogP contribution is 2.36. The molecule has 0 bridgehead atoms. The van der Waals surface area contributed by atoms with Crippen LogP contribution in [0.1, 0.15) is 42.9 Å². The zero-order valence-electron chi connectivity index (χ0n) is 9.93. The molecule has 2 rings (SSSR count). The maximum Gasteiger partial charge on any atom is 0.303 e. The molecule has 0 radical (unpaired) electrons. The first-order chi connectivity index (χ1) is 8.16. The molecule has 0 heterocycles. The molecular weight excluding hydrogens is 214 g/mol. The van der Waals surface area contributed by atoms with Gasteiger partial charge in [-0.3, -0.25) is 4.79 Å². The Morgan fingerprint density at radius 3 is 2.82 bits per heavy atom. The van der Waals surface area contributed by atoms with Gasteiger partial charge in [-0.25, -0.2) is 0 Å². The van der Waals surface area contributed by atoms with Crippen LogP contribution in [-0.2, 0) is 11.2 Å². The number of aryl methyl sites for hydroxylation is 1. The van der Waals surface area contributed by atoms with E-state index in [1.54, 1.807) is 0 Å². The molecule has 0 spiro atoms. The van der Waals surface area contributed by atoms with Crippen molar-refractivity contribution in [1.29, 1.82) is 0 Å². The fourth-order valence-electron chi connectivity index (χ4n) is 2.28. The maximum absolute atomic E-state index is 10.5. The van der Waals surface area contributed by atoms with Crippen molar-refractivity contribution in [3.8, 4) is 0 Å². The molecule has 0 aliphatic heterocycles. The molecule has 1 aromatic rings. The molecule has 1 aliphatic carbocycles. The predicted molar refractivity (Wildman–Crippen MR) is 66.7 cm³/mol. The number of aliphatic carboxylic acids is 1. The number of hydrogen-bond donors (Lipinski definition) is 2. The predicted octanol–water partition coefficient (Wildman–Crippen LogP) is 2.50. The molecular formula is C14H19NO2. The zero-order valence-corrected chi connectivity index (χ0v) is 9.93. The first-order valence-corrected chi connectivity index (χ1v) is 6.23. The maximum atomic E-state index is 10.5. The van der Waals surface area contributed by atoms with Gasteiger partial charge in [-0.1, -0.05) is 30.7 Å². The molecule has 1 fully saturated rings.